The summed E-state index contributed by atoms with van der Waals surface area (Å²) in [6, 6.07) is 1.82. The van der Waals surface area contributed by atoms with Crippen LogP contribution in [0.25, 0.3) is 0 Å². The third-order valence-electron chi connectivity index (χ3n) is 3.60. The van der Waals surface area contributed by atoms with Crippen molar-refractivity contribution >= 4 is 6.09 Å². The first-order valence-corrected chi connectivity index (χ1v) is 7.22. The summed E-state index contributed by atoms with van der Waals surface area (Å²) in [6.45, 7) is 11.0. The Hall–Kier alpha value is -1.69. The Kier molecular flexibility index (Phi) is 4.18. The molecule has 1 aromatic rings. The van der Waals surface area contributed by atoms with Gasteiger partial charge in [0, 0.05) is 19.3 Å². The van der Waals surface area contributed by atoms with Crippen molar-refractivity contribution < 1.29 is 9.53 Å². The van der Waals surface area contributed by atoms with Crippen LogP contribution in [0.1, 0.15) is 46.4 Å². The van der Waals surface area contributed by atoms with Crippen LogP contribution in [0.5, 0.6) is 0 Å². The van der Waals surface area contributed by atoms with Crippen LogP contribution in [0.15, 0.2) is 18.6 Å². The van der Waals surface area contributed by atoms with Crippen LogP contribution in [-0.4, -0.2) is 45.2 Å². The van der Waals surface area contributed by atoms with Crippen LogP contribution in [-0.2, 0) is 4.74 Å². The van der Waals surface area contributed by atoms with E-state index in [2.05, 4.69) is 15.3 Å². The first-order valence-electron chi connectivity index (χ1n) is 7.22. The second-order valence-corrected chi connectivity index (χ2v) is 6.81. The lowest BCUT2D eigenvalue weighted by Gasteiger charge is -2.48. The summed E-state index contributed by atoms with van der Waals surface area (Å²) in [4.78, 5) is 22.5. The largest absolute Gasteiger partial charge is 0.444 e. The maximum Gasteiger partial charge on any atom is 0.410 e. The van der Waals surface area contributed by atoms with Crippen molar-refractivity contribution in [2.24, 2.45) is 0 Å². The Balaban J connectivity index is 2.23. The van der Waals surface area contributed by atoms with Crippen LogP contribution >= 0.6 is 0 Å². The molecule has 1 aliphatic heterocycles. The molecule has 0 spiro atoms. The van der Waals surface area contributed by atoms with Crippen molar-refractivity contribution in [3.8, 4) is 0 Å². The van der Waals surface area contributed by atoms with Crippen LogP contribution in [0, 0.1) is 0 Å². The summed E-state index contributed by atoms with van der Waals surface area (Å²) < 4.78 is 5.52. The molecule has 6 heteroatoms. The SMILES string of the molecule is CC(C)(C)OC(=O)N1CCNC(c2ccncn2)C1(C)C. The van der Waals surface area contributed by atoms with E-state index in [0.29, 0.717) is 13.1 Å². The van der Waals surface area contributed by atoms with E-state index >= 15 is 0 Å². The molecule has 2 rings (SSSR count). The molecule has 1 N–H and O–H groups in total. The summed E-state index contributed by atoms with van der Waals surface area (Å²) in [5, 5.41) is 3.43. The fraction of sp³-hybridized carbons (Fsp3) is 0.667. The average Bonchev–Trinajstić information content (AvgIpc) is 2.36. The van der Waals surface area contributed by atoms with Gasteiger partial charge in [-0.3, -0.25) is 4.90 Å². The van der Waals surface area contributed by atoms with E-state index in [1.54, 1.807) is 11.1 Å². The van der Waals surface area contributed by atoms with Gasteiger partial charge in [-0.25, -0.2) is 14.8 Å². The van der Waals surface area contributed by atoms with Crippen LogP contribution in [0.2, 0.25) is 0 Å². The lowest BCUT2D eigenvalue weighted by atomic mass is 9.88. The predicted octanol–water partition coefficient (Wildman–Crippen LogP) is 2.14. The molecular weight excluding hydrogens is 268 g/mol. The molecule has 0 radical (unpaired) electrons. The summed E-state index contributed by atoms with van der Waals surface area (Å²) in [6.07, 6.45) is 2.96. The zero-order chi connectivity index (χ0) is 15.7. The Morgan fingerprint density at radius 2 is 2.19 bits per heavy atom. The molecule has 116 valence electrons. The second kappa shape index (κ2) is 5.60. The molecule has 1 atom stereocenters. The lowest BCUT2D eigenvalue weighted by molar-refractivity contribution is -0.0151. The predicted molar refractivity (Wildman–Crippen MR) is 79.8 cm³/mol. The Labute approximate surface area is 125 Å². The molecule has 1 aromatic heterocycles. The molecule has 1 unspecified atom stereocenters. The monoisotopic (exact) mass is 292 g/mol. The maximum atomic E-state index is 12.4. The van der Waals surface area contributed by atoms with Gasteiger partial charge in [0.2, 0.25) is 0 Å². The van der Waals surface area contributed by atoms with Gasteiger partial charge in [0.25, 0.3) is 0 Å². The molecule has 21 heavy (non-hydrogen) atoms. The molecule has 0 bridgehead atoms. The molecule has 0 aromatic carbocycles. The van der Waals surface area contributed by atoms with Crippen LogP contribution in [0.3, 0.4) is 0 Å². The highest BCUT2D eigenvalue weighted by atomic mass is 16.6. The van der Waals surface area contributed by atoms with Crippen LogP contribution in [0.4, 0.5) is 4.79 Å². The standard InChI is InChI=1S/C15H24N4O2/c1-14(2,3)21-13(20)19-9-8-17-12(15(19,4)5)11-6-7-16-10-18-11/h6-7,10,12,17H,8-9H2,1-5H3. The first kappa shape index (κ1) is 15.7. The van der Waals surface area contributed by atoms with Gasteiger partial charge in [-0.15, -0.1) is 0 Å². The van der Waals surface area contributed by atoms with Gasteiger partial charge in [-0.2, -0.15) is 0 Å². The summed E-state index contributed by atoms with van der Waals surface area (Å²) in [7, 11) is 0. The van der Waals surface area contributed by atoms with Crippen molar-refractivity contribution in [1.82, 2.24) is 20.2 Å². The van der Waals surface area contributed by atoms with Gasteiger partial charge in [0.15, 0.2) is 0 Å². The van der Waals surface area contributed by atoms with E-state index in [-0.39, 0.29) is 12.1 Å². The molecule has 1 amide bonds. The van der Waals surface area contributed by atoms with Crippen molar-refractivity contribution in [2.45, 2.75) is 51.8 Å². The molecular formula is C15H24N4O2. The number of carbonyl (C=O) groups is 1. The normalized spacial score (nSPS) is 22.0. The van der Waals surface area contributed by atoms with Gasteiger partial charge in [-0.1, -0.05) is 0 Å². The van der Waals surface area contributed by atoms with Gasteiger partial charge in [0.1, 0.15) is 11.9 Å². The van der Waals surface area contributed by atoms with E-state index in [4.69, 9.17) is 4.74 Å². The van der Waals surface area contributed by atoms with Gasteiger partial charge >= 0.3 is 6.09 Å². The Bertz CT molecular complexity index is 496. The molecule has 2 heterocycles. The number of amides is 1. The Morgan fingerprint density at radius 3 is 2.76 bits per heavy atom. The highest BCUT2D eigenvalue weighted by molar-refractivity contribution is 5.69. The zero-order valence-electron chi connectivity index (χ0n) is 13.4. The quantitative estimate of drug-likeness (QED) is 0.859. The summed E-state index contributed by atoms with van der Waals surface area (Å²) >= 11 is 0. The van der Waals surface area contributed by atoms with E-state index in [1.165, 1.54) is 6.33 Å². The highest BCUT2D eigenvalue weighted by Gasteiger charge is 2.44. The maximum absolute atomic E-state index is 12.4. The highest BCUT2D eigenvalue weighted by Crippen LogP contribution is 2.33. The fourth-order valence-corrected chi connectivity index (χ4v) is 2.60. The minimum Gasteiger partial charge on any atom is -0.444 e. The number of hydrogen-bond acceptors (Lipinski definition) is 5. The number of piperazine rings is 1. The van der Waals surface area contributed by atoms with Gasteiger partial charge in [-0.05, 0) is 40.7 Å². The lowest BCUT2D eigenvalue weighted by Crippen LogP contribution is -2.62. The number of rotatable bonds is 1. The van der Waals surface area contributed by atoms with E-state index in [9.17, 15) is 4.79 Å². The smallest absolute Gasteiger partial charge is 0.410 e. The minimum atomic E-state index is -0.498. The average molecular weight is 292 g/mol. The fourth-order valence-electron chi connectivity index (χ4n) is 2.60. The zero-order valence-corrected chi connectivity index (χ0v) is 13.4. The van der Waals surface area contributed by atoms with E-state index in [0.717, 1.165) is 5.69 Å². The number of carbonyl (C=O) groups excluding carboxylic acids is 1. The molecule has 1 fully saturated rings. The molecule has 1 aliphatic rings. The van der Waals surface area contributed by atoms with Gasteiger partial charge in [0.05, 0.1) is 17.3 Å². The third-order valence-corrected chi connectivity index (χ3v) is 3.60. The molecule has 1 saturated heterocycles. The van der Waals surface area contributed by atoms with Crippen molar-refractivity contribution in [1.29, 1.82) is 0 Å². The molecule has 0 aliphatic carbocycles. The molecule has 6 nitrogen and oxygen atoms in total. The number of aromatic nitrogens is 2. The summed E-state index contributed by atoms with van der Waals surface area (Å²) in [5.41, 5.74) is -0.0551. The third kappa shape index (κ3) is 3.50. The number of hydrogen-bond donors (Lipinski definition) is 1. The number of nitrogens with one attached hydrogen (secondary N) is 1. The van der Waals surface area contributed by atoms with Gasteiger partial charge < -0.3 is 10.1 Å². The second-order valence-electron chi connectivity index (χ2n) is 6.81. The van der Waals surface area contributed by atoms with Crippen molar-refractivity contribution in [3.63, 3.8) is 0 Å². The topological polar surface area (TPSA) is 67.3 Å². The Morgan fingerprint density at radius 1 is 1.48 bits per heavy atom. The summed E-state index contributed by atoms with van der Waals surface area (Å²) in [5.74, 6) is 0. The van der Waals surface area contributed by atoms with E-state index in [1.807, 2.05) is 40.7 Å². The van der Waals surface area contributed by atoms with Crippen molar-refractivity contribution in [3.05, 3.63) is 24.3 Å². The molecule has 0 saturated carbocycles. The van der Waals surface area contributed by atoms with E-state index < -0.39 is 11.1 Å². The van der Waals surface area contributed by atoms with Crippen molar-refractivity contribution in [2.75, 3.05) is 13.1 Å². The minimum absolute atomic E-state index is 0.0539. The number of ether oxygens (including phenoxy) is 1. The van der Waals surface area contributed by atoms with Crippen LogP contribution < -0.4 is 5.32 Å². The number of nitrogens with zero attached hydrogens (tertiary/aromatic N) is 3. The first-order chi connectivity index (χ1) is 9.72.